The summed E-state index contributed by atoms with van der Waals surface area (Å²) in [4.78, 5) is 0.299. The molecule has 0 aliphatic rings. The summed E-state index contributed by atoms with van der Waals surface area (Å²) >= 11 is 6.11. The highest BCUT2D eigenvalue weighted by Crippen LogP contribution is 2.17. The van der Waals surface area contributed by atoms with E-state index in [-0.39, 0.29) is 0 Å². The van der Waals surface area contributed by atoms with E-state index in [1.807, 2.05) is 0 Å². The number of hydrogen-bond donors (Lipinski definition) is 2. The molecule has 0 saturated heterocycles. The molecule has 0 aliphatic heterocycles. The summed E-state index contributed by atoms with van der Waals surface area (Å²) in [5, 5.41) is 7.91. The Bertz CT molecular complexity index is 284. The molecule has 72 valence electrons. The van der Waals surface area contributed by atoms with Crippen molar-refractivity contribution in [3.63, 3.8) is 0 Å². The van der Waals surface area contributed by atoms with E-state index in [9.17, 15) is 0 Å². The first-order chi connectivity index (χ1) is 6.25. The molecule has 0 fully saturated rings. The number of nitrogens with one attached hydrogen (secondary N) is 1. The highest BCUT2D eigenvalue weighted by Gasteiger charge is 2.08. The van der Waals surface area contributed by atoms with E-state index in [0.29, 0.717) is 10.7 Å². The number of thiocarbonyl (C=S) groups is 1. The van der Waals surface area contributed by atoms with Crippen molar-refractivity contribution in [1.29, 1.82) is 0 Å². The fourth-order valence-electron chi connectivity index (χ4n) is 0.847. The van der Waals surface area contributed by atoms with E-state index in [1.165, 1.54) is 11.5 Å². The van der Waals surface area contributed by atoms with Gasteiger partial charge in [-0.05, 0) is 6.42 Å². The van der Waals surface area contributed by atoms with Crippen molar-refractivity contribution in [2.75, 3.05) is 11.9 Å². The number of hydrogen-bond acceptors (Lipinski definition) is 5. The standard InChI is InChI=1S/C7H12N4S2/c1-2-3-4-9-7-5(6(8)12)10-11-13-7/h9H,2-4H2,1H3,(H2,8,12). The zero-order valence-electron chi connectivity index (χ0n) is 7.41. The maximum Gasteiger partial charge on any atom is 0.156 e. The number of nitrogens with two attached hydrogens (primary N) is 1. The van der Waals surface area contributed by atoms with Gasteiger partial charge in [-0.3, -0.25) is 0 Å². The van der Waals surface area contributed by atoms with Crippen molar-refractivity contribution < 1.29 is 0 Å². The van der Waals surface area contributed by atoms with E-state index in [4.69, 9.17) is 18.0 Å². The summed E-state index contributed by atoms with van der Waals surface area (Å²) in [6.45, 7) is 3.05. The highest BCUT2D eigenvalue weighted by molar-refractivity contribution is 7.80. The van der Waals surface area contributed by atoms with E-state index in [0.717, 1.165) is 24.4 Å². The third kappa shape index (κ3) is 2.89. The molecule has 0 atom stereocenters. The quantitative estimate of drug-likeness (QED) is 0.575. The minimum atomic E-state index is 0.299. The van der Waals surface area contributed by atoms with Crippen molar-refractivity contribution in [1.82, 2.24) is 9.59 Å². The molecule has 0 saturated carbocycles. The molecule has 0 unspecified atom stereocenters. The predicted molar refractivity (Wildman–Crippen MR) is 59.2 cm³/mol. The van der Waals surface area contributed by atoms with Gasteiger partial charge in [0.05, 0.1) is 0 Å². The van der Waals surface area contributed by atoms with Gasteiger partial charge in [0, 0.05) is 18.1 Å². The average Bonchev–Trinajstić information content (AvgIpc) is 2.53. The Hall–Kier alpha value is -0.750. The molecule has 0 aliphatic carbocycles. The van der Waals surface area contributed by atoms with Gasteiger partial charge in [-0.2, -0.15) is 0 Å². The molecule has 0 bridgehead atoms. The lowest BCUT2D eigenvalue weighted by Crippen LogP contribution is -2.13. The van der Waals surface area contributed by atoms with Crippen molar-refractivity contribution in [3.05, 3.63) is 5.69 Å². The van der Waals surface area contributed by atoms with Gasteiger partial charge in [-0.1, -0.05) is 30.1 Å². The summed E-state index contributed by atoms with van der Waals surface area (Å²) < 4.78 is 3.78. The van der Waals surface area contributed by atoms with Gasteiger partial charge in [-0.15, -0.1) is 5.10 Å². The molecular formula is C7H12N4S2. The molecule has 1 aromatic rings. The summed E-state index contributed by atoms with van der Waals surface area (Å²) in [5.41, 5.74) is 6.07. The Balaban J connectivity index is 2.55. The summed E-state index contributed by atoms with van der Waals surface area (Å²) in [6.07, 6.45) is 2.27. The molecule has 13 heavy (non-hydrogen) atoms. The summed E-state index contributed by atoms with van der Waals surface area (Å²) in [6, 6.07) is 0. The van der Waals surface area contributed by atoms with E-state index < -0.39 is 0 Å². The van der Waals surface area contributed by atoms with Gasteiger partial charge in [0.2, 0.25) is 0 Å². The molecular weight excluding hydrogens is 204 g/mol. The summed E-state index contributed by atoms with van der Waals surface area (Å²) in [5.74, 6) is 0. The van der Waals surface area contributed by atoms with Crippen molar-refractivity contribution >= 4 is 33.7 Å². The second-order valence-corrected chi connectivity index (χ2v) is 3.79. The van der Waals surface area contributed by atoms with Gasteiger partial charge < -0.3 is 11.1 Å². The predicted octanol–water partition coefficient (Wildman–Crippen LogP) is 1.38. The largest absolute Gasteiger partial charge is 0.388 e. The molecule has 6 heteroatoms. The Labute approximate surface area is 86.7 Å². The maximum atomic E-state index is 5.46. The zero-order chi connectivity index (χ0) is 9.68. The normalized spacial score (nSPS) is 9.92. The molecule has 3 N–H and O–H groups in total. The number of nitrogens with zero attached hydrogens (tertiary/aromatic N) is 2. The molecule has 0 radical (unpaired) electrons. The third-order valence-corrected chi connectivity index (χ3v) is 2.41. The van der Waals surface area contributed by atoms with E-state index >= 15 is 0 Å². The second-order valence-electron chi connectivity index (χ2n) is 2.60. The van der Waals surface area contributed by atoms with Crippen LogP contribution in [0.5, 0.6) is 0 Å². The van der Waals surface area contributed by atoms with Gasteiger partial charge >= 0.3 is 0 Å². The van der Waals surface area contributed by atoms with Crippen LogP contribution in [0.1, 0.15) is 25.5 Å². The second kappa shape index (κ2) is 5.08. The molecule has 1 aromatic heterocycles. The average molecular weight is 216 g/mol. The first-order valence-electron chi connectivity index (χ1n) is 4.11. The Morgan fingerprint density at radius 2 is 2.46 bits per heavy atom. The lowest BCUT2D eigenvalue weighted by molar-refractivity contribution is 0.835. The van der Waals surface area contributed by atoms with Gasteiger partial charge in [-0.25, -0.2) is 0 Å². The van der Waals surface area contributed by atoms with Crippen LogP contribution >= 0.6 is 23.8 Å². The zero-order valence-corrected chi connectivity index (χ0v) is 9.04. The monoisotopic (exact) mass is 216 g/mol. The van der Waals surface area contributed by atoms with Crippen LogP contribution in [0.4, 0.5) is 5.00 Å². The van der Waals surface area contributed by atoms with Gasteiger partial charge in [0.25, 0.3) is 0 Å². The molecule has 0 amide bonds. The Kier molecular flexibility index (Phi) is 4.04. The highest BCUT2D eigenvalue weighted by atomic mass is 32.1. The lowest BCUT2D eigenvalue weighted by Gasteiger charge is -2.02. The van der Waals surface area contributed by atoms with E-state index in [2.05, 4.69) is 21.8 Å². The molecule has 1 rings (SSSR count). The molecule has 0 aromatic carbocycles. The number of unbranched alkanes of at least 4 members (excludes halogenated alkanes) is 1. The Morgan fingerprint density at radius 1 is 1.69 bits per heavy atom. The smallest absolute Gasteiger partial charge is 0.156 e. The van der Waals surface area contributed by atoms with Crippen LogP contribution in [0.3, 0.4) is 0 Å². The molecule has 4 nitrogen and oxygen atoms in total. The van der Waals surface area contributed by atoms with Crippen LogP contribution in [0, 0.1) is 0 Å². The Morgan fingerprint density at radius 3 is 3.08 bits per heavy atom. The van der Waals surface area contributed by atoms with Gasteiger partial charge in [0.1, 0.15) is 9.99 Å². The van der Waals surface area contributed by atoms with Crippen molar-refractivity contribution in [2.24, 2.45) is 5.73 Å². The van der Waals surface area contributed by atoms with Crippen molar-refractivity contribution in [3.8, 4) is 0 Å². The van der Waals surface area contributed by atoms with Crippen LogP contribution < -0.4 is 11.1 Å². The SMILES string of the molecule is CCCCNc1snnc1C(N)=S. The maximum absolute atomic E-state index is 5.46. The lowest BCUT2D eigenvalue weighted by atomic mass is 10.3. The minimum absolute atomic E-state index is 0.299. The van der Waals surface area contributed by atoms with Crippen LogP contribution in [0.25, 0.3) is 0 Å². The summed E-state index contributed by atoms with van der Waals surface area (Å²) in [7, 11) is 0. The van der Waals surface area contributed by atoms with Gasteiger partial charge in [0.15, 0.2) is 5.69 Å². The van der Waals surface area contributed by atoms with Crippen LogP contribution in [0.15, 0.2) is 0 Å². The first-order valence-corrected chi connectivity index (χ1v) is 5.30. The molecule has 0 spiro atoms. The number of aromatic nitrogens is 2. The van der Waals surface area contributed by atoms with Crippen LogP contribution in [-0.4, -0.2) is 21.1 Å². The van der Waals surface area contributed by atoms with Crippen LogP contribution in [0.2, 0.25) is 0 Å². The first kappa shape index (κ1) is 10.3. The fourth-order valence-corrected chi connectivity index (χ4v) is 1.66. The fraction of sp³-hybridized carbons (Fsp3) is 0.571. The third-order valence-electron chi connectivity index (χ3n) is 1.54. The topological polar surface area (TPSA) is 63.8 Å². The number of rotatable bonds is 5. The van der Waals surface area contributed by atoms with Crippen molar-refractivity contribution in [2.45, 2.75) is 19.8 Å². The number of anilines is 1. The molecule has 1 heterocycles. The van der Waals surface area contributed by atoms with E-state index in [1.54, 1.807) is 0 Å². The minimum Gasteiger partial charge on any atom is -0.388 e. The van der Waals surface area contributed by atoms with Crippen LogP contribution in [-0.2, 0) is 0 Å².